The van der Waals surface area contributed by atoms with Crippen molar-refractivity contribution in [1.29, 1.82) is 0 Å². The molecular weight excluding hydrogens is 414 g/mol. The van der Waals surface area contributed by atoms with Gasteiger partial charge in [-0.15, -0.1) is 0 Å². The standard InChI is InChI=1S/C21H25N7O4/c1-25-16-3-2-15(12-17(16)32-21(25)30)24-20(29)28-6-4-26(5-7-28)18-13-19(23-14-22-18)27-8-10-31-11-9-27/h2-3,12-14H,4-11H2,1H3,(H,24,29). The summed E-state index contributed by atoms with van der Waals surface area (Å²) in [7, 11) is 1.65. The van der Waals surface area contributed by atoms with Crippen molar-refractivity contribution in [3.05, 3.63) is 41.1 Å². The zero-order valence-electron chi connectivity index (χ0n) is 17.9. The Kier molecular flexibility index (Phi) is 5.39. The fourth-order valence-electron chi connectivity index (χ4n) is 4.03. The van der Waals surface area contributed by atoms with Gasteiger partial charge in [0.15, 0.2) is 5.58 Å². The smallest absolute Gasteiger partial charge is 0.408 e. The van der Waals surface area contributed by atoms with E-state index in [0.717, 1.165) is 24.7 Å². The van der Waals surface area contributed by atoms with E-state index >= 15 is 0 Å². The lowest BCUT2D eigenvalue weighted by atomic mass is 10.2. The second kappa shape index (κ2) is 8.50. The molecule has 0 aliphatic carbocycles. The van der Waals surface area contributed by atoms with E-state index < -0.39 is 5.76 Å². The number of rotatable bonds is 3. The van der Waals surface area contributed by atoms with Crippen LogP contribution in [0, 0.1) is 0 Å². The summed E-state index contributed by atoms with van der Waals surface area (Å²) in [6.07, 6.45) is 1.59. The molecule has 2 amide bonds. The van der Waals surface area contributed by atoms with E-state index in [1.165, 1.54) is 4.57 Å². The normalized spacial score (nSPS) is 17.1. The van der Waals surface area contributed by atoms with E-state index in [-0.39, 0.29) is 6.03 Å². The Bertz CT molecular complexity index is 1180. The van der Waals surface area contributed by atoms with Crippen LogP contribution in [0.5, 0.6) is 0 Å². The van der Waals surface area contributed by atoms with E-state index in [9.17, 15) is 9.59 Å². The summed E-state index contributed by atoms with van der Waals surface area (Å²) < 4.78 is 12.0. The number of carbonyl (C=O) groups excluding carboxylic acids is 1. The van der Waals surface area contributed by atoms with E-state index in [4.69, 9.17) is 9.15 Å². The maximum atomic E-state index is 12.7. The number of hydrogen-bond acceptors (Lipinski definition) is 8. The number of fused-ring (bicyclic) bond motifs is 1. The molecule has 5 rings (SSSR count). The van der Waals surface area contributed by atoms with Crippen molar-refractivity contribution < 1.29 is 13.9 Å². The van der Waals surface area contributed by atoms with Crippen molar-refractivity contribution >= 4 is 34.5 Å². The minimum Gasteiger partial charge on any atom is -0.408 e. The average molecular weight is 439 g/mol. The third-order valence-electron chi connectivity index (χ3n) is 5.91. The topological polar surface area (TPSA) is 109 Å². The number of nitrogens with one attached hydrogen (secondary N) is 1. The molecule has 0 saturated carbocycles. The highest BCUT2D eigenvalue weighted by molar-refractivity contribution is 5.91. The Balaban J connectivity index is 1.20. The Morgan fingerprint density at radius 3 is 2.38 bits per heavy atom. The number of morpholine rings is 1. The molecule has 3 aromatic rings. The molecule has 2 aromatic heterocycles. The third-order valence-corrected chi connectivity index (χ3v) is 5.91. The lowest BCUT2D eigenvalue weighted by Crippen LogP contribution is -2.50. The predicted octanol–water partition coefficient (Wildman–Crippen LogP) is 1.11. The van der Waals surface area contributed by atoms with Crippen molar-refractivity contribution in [2.24, 2.45) is 7.05 Å². The number of ether oxygens (including phenoxy) is 1. The summed E-state index contributed by atoms with van der Waals surface area (Å²) in [6, 6.07) is 7.01. The molecule has 1 N–H and O–H groups in total. The molecule has 32 heavy (non-hydrogen) atoms. The summed E-state index contributed by atoms with van der Waals surface area (Å²) in [5.74, 6) is 1.34. The van der Waals surface area contributed by atoms with Gasteiger partial charge in [-0.1, -0.05) is 0 Å². The summed E-state index contributed by atoms with van der Waals surface area (Å²) in [4.78, 5) is 39.4. The fourth-order valence-corrected chi connectivity index (χ4v) is 4.03. The molecule has 0 radical (unpaired) electrons. The minimum absolute atomic E-state index is 0.182. The molecular formula is C21H25N7O4. The quantitative estimate of drug-likeness (QED) is 0.647. The number of aromatic nitrogens is 3. The number of amides is 2. The van der Waals surface area contributed by atoms with Gasteiger partial charge in [0, 0.05) is 64.1 Å². The van der Waals surface area contributed by atoms with Gasteiger partial charge in [-0.2, -0.15) is 0 Å². The molecule has 0 unspecified atom stereocenters. The van der Waals surface area contributed by atoms with Gasteiger partial charge in [-0.05, 0) is 12.1 Å². The van der Waals surface area contributed by atoms with Crippen molar-refractivity contribution in [1.82, 2.24) is 19.4 Å². The Morgan fingerprint density at radius 1 is 0.969 bits per heavy atom. The number of urea groups is 1. The molecule has 2 saturated heterocycles. The zero-order valence-corrected chi connectivity index (χ0v) is 17.9. The molecule has 0 spiro atoms. The molecule has 11 heteroatoms. The molecule has 2 aliphatic heterocycles. The van der Waals surface area contributed by atoms with Crippen LogP contribution in [0.15, 0.2) is 39.8 Å². The van der Waals surface area contributed by atoms with Gasteiger partial charge in [-0.3, -0.25) is 4.57 Å². The van der Waals surface area contributed by atoms with Gasteiger partial charge < -0.3 is 29.2 Å². The van der Waals surface area contributed by atoms with Gasteiger partial charge in [0.2, 0.25) is 0 Å². The first-order chi connectivity index (χ1) is 15.6. The first-order valence-electron chi connectivity index (χ1n) is 10.6. The lowest BCUT2D eigenvalue weighted by Gasteiger charge is -2.35. The number of nitrogens with zero attached hydrogens (tertiary/aromatic N) is 6. The third kappa shape index (κ3) is 3.98. The molecule has 2 aliphatic rings. The summed E-state index contributed by atoms with van der Waals surface area (Å²) in [5, 5.41) is 2.89. The van der Waals surface area contributed by atoms with Crippen LogP contribution >= 0.6 is 0 Å². The second-order valence-corrected chi connectivity index (χ2v) is 7.85. The Morgan fingerprint density at radius 2 is 1.66 bits per heavy atom. The van der Waals surface area contributed by atoms with Gasteiger partial charge in [0.25, 0.3) is 0 Å². The van der Waals surface area contributed by atoms with Crippen molar-refractivity contribution in [2.45, 2.75) is 0 Å². The molecule has 0 bridgehead atoms. The average Bonchev–Trinajstić information content (AvgIpc) is 3.12. The van der Waals surface area contributed by atoms with E-state index in [1.807, 2.05) is 6.07 Å². The van der Waals surface area contributed by atoms with Gasteiger partial charge in [0.1, 0.15) is 18.0 Å². The highest BCUT2D eigenvalue weighted by atomic mass is 16.5. The minimum atomic E-state index is -0.430. The number of oxazole rings is 1. The number of anilines is 3. The monoisotopic (exact) mass is 439 g/mol. The van der Waals surface area contributed by atoms with Crippen molar-refractivity contribution in [3.8, 4) is 0 Å². The summed E-state index contributed by atoms with van der Waals surface area (Å²) in [5.41, 5.74) is 1.72. The number of benzene rings is 1. The summed E-state index contributed by atoms with van der Waals surface area (Å²) in [6.45, 7) is 5.56. The fraction of sp³-hybridized carbons (Fsp3) is 0.429. The Labute approximate surface area is 184 Å². The van der Waals surface area contributed by atoms with Gasteiger partial charge >= 0.3 is 11.8 Å². The maximum absolute atomic E-state index is 12.7. The van der Waals surface area contributed by atoms with Crippen LogP contribution in [-0.2, 0) is 11.8 Å². The highest BCUT2D eigenvalue weighted by Crippen LogP contribution is 2.21. The van der Waals surface area contributed by atoms with Crippen LogP contribution in [0.2, 0.25) is 0 Å². The van der Waals surface area contributed by atoms with Crippen LogP contribution in [0.3, 0.4) is 0 Å². The predicted molar refractivity (Wildman–Crippen MR) is 119 cm³/mol. The molecule has 4 heterocycles. The van der Waals surface area contributed by atoms with Gasteiger partial charge in [0.05, 0.1) is 18.7 Å². The lowest BCUT2D eigenvalue weighted by molar-refractivity contribution is 0.122. The second-order valence-electron chi connectivity index (χ2n) is 7.85. The van der Waals surface area contributed by atoms with Crippen molar-refractivity contribution in [3.63, 3.8) is 0 Å². The number of aryl methyl sites for hydroxylation is 1. The zero-order chi connectivity index (χ0) is 22.1. The SMILES string of the molecule is Cn1c(=O)oc2cc(NC(=O)N3CCN(c4cc(N5CCOCC5)ncn4)CC3)ccc21. The van der Waals surface area contributed by atoms with E-state index in [2.05, 4.69) is 25.1 Å². The van der Waals surface area contributed by atoms with Crippen LogP contribution in [0.1, 0.15) is 0 Å². The number of hydrogen-bond donors (Lipinski definition) is 1. The van der Waals surface area contributed by atoms with Gasteiger partial charge in [-0.25, -0.2) is 19.6 Å². The van der Waals surface area contributed by atoms with E-state index in [1.54, 1.807) is 36.5 Å². The van der Waals surface area contributed by atoms with E-state index in [0.29, 0.717) is 56.2 Å². The van der Waals surface area contributed by atoms with Crippen molar-refractivity contribution in [2.75, 3.05) is 67.6 Å². The number of carbonyl (C=O) groups is 1. The Hall–Kier alpha value is -3.60. The largest absolute Gasteiger partial charge is 0.419 e. The molecule has 168 valence electrons. The maximum Gasteiger partial charge on any atom is 0.419 e. The van der Waals surface area contributed by atoms with Crippen LogP contribution in [0.4, 0.5) is 22.1 Å². The molecule has 1 aromatic carbocycles. The molecule has 0 atom stereocenters. The van der Waals surface area contributed by atoms with Crippen LogP contribution in [-0.4, -0.2) is 77.9 Å². The first-order valence-corrected chi connectivity index (χ1v) is 10.6. The van der Waals surface area contributed by atoms with Crippen LogP contribution < -0.4 is 20.9 Å². The highest BCUT2D eigenvalue weighted by Gasteiger charge is 2.23. The first kappa shape index (κ1) is 20.3. The number of piperazine rings is 1. The molecule has 11 nitrogen and oxygen atoms in total. The summed E-state index contributed by atoms with van der Waals surface area (Å²) >= 11 is 0. The molecule has 2 fully saturated rings. The van der Waals surface area contributed by atoms with Crippen LogP contribution in [0.25, 0.3) is 11.1 Å².